The molecule has 0 radical (unpaired) electrons. The van der Waals surface area contributed by atoms with Gasteiger partial charge in [0.25, 0.3) is 0 Å². The molecule has 1 aromatic carbocycles. The van der Waals surface area contributed by atoms with Gasteiger partial charge < -0.3 is 0 Å². The third-order valence-corrected chi connectivity index (χ3v) is 13.6. The van der Waals surface area contributed by atoms with Crippen LogP contribution in [0.4, 0.5) is 0 Å². The number of hydrogen-bond acceptors (Lipinski definition) is 4. The molecule has 5 heteroatoms. The van der Waals surface area contributed by atoms with Gasteiger partial charge in [0, 0.05) is 0 Å². The maximum atomic E-state index is 8.45. The standard InChI is InChI=1S/C14H20IN4/c16-14(13-4-2-1-3-5-13)6-15-7-17-10-18(8-15)12-19(9-15)11-17/h1-5,16H,6-12H2/q-1. The second-order valence-corrected chi connectivity index (χ2v) is 15.2. The molecular formula is C14H20IN4-. The fourth-order valence-electron chi connectivity index (χ4n) is 3.53. The summed E-state index contributed by atoms with van der Waals surface area (Å²) < 4.78 is 5.11. The summed E-state index contributed by atoms with van der Waals surface area (Å²) in [6.07, 6.45) is 0. The van der Waals surface area contributed by atoms with Crippen LogP contribution in [0.3, 0.4) is 0 Å². The average molecular weight is 371 g/mol. The molecule has 1 aromatic rings. The number of hydrogen-bond donors (Lipinski definition) is 1. The van der Waals surface area contributed by atoms with E-state index in [0.29, 0.717) is 0 Å². The Bertz CT molecular complexity index is 466. The monoisotopic (exact) mass is 371 g/mol. The third kappa shape index (κ3) is 2.22. The topological polar surface area (TPSA) is 33.6 Å². The summed E-state index contributed by atoms with van der Waals surface area (Å²) in [5.74, 6) is 0. The predicted octanol–water partition coefficient (Wildman–Crippen LogP) is -2.09. The first kappa shape index (κ1) is 12.3. The van der Waals surface area contributed by atoms with Gasteiger partial charge in [0.05, 0.1) is 0 Å². The molecule has 1 N–H and O–H groups in total. The van der Waals surface area contributed by atoms with Gasteiger partial charge in [0.15, 0.2) is 0 Å². The summed E-state index contributed by atoms with van der Waals surface area (Å²) in [6.45, 7) is 3.50. The molecule has 5 rings (SSSR count). The summed E-state index contributed by atoms with van der Waals surface area (Å²) in [4.78, 5) is 7.81. The quantitative estimate of drug-likeness (QED) is 0.286. The number of rotatable bonds is 3. The van der Waals surface area contributed by atoms with Gasteiger partial charge in [-0.05, 0) is 0 Å². The summed E-state index contributed by atoms with van der Waals surface area (Å²) in [5, 5.41) is 8.45. The first-order valence-corrected chi connectivity index (χ1v) is 12.8. The van der Waals surface area contributed by atoms with E-state index < -0.39 is 18.4 Å². The van der Waals surface area contributed by atoms with Crippen LogP contribution in [0.15, 0.2) is 30.3 Å². The summed E-state index contributed by atoms with van der Waals surface area (Å²) in [7, 11) is 0. The summed E-state index contributed by atoms with van der Waals surface area (Å²) in [6, 6.07) is 10.3. The van der Waals surface area contributed by atoms with Crippen LogP contribution in [0.1, 0.15) is 5.56 Å². The zero-order valence-electron chi connectivity index (χ0n) is 11.1. The van der Waals surface area contributed by atoms with Crippen LogP contribution in [-0.2, 0) is 0 Å². The number of benzene rings is 1. The molecule has 4 aliphatic heterocycles. The van der Waals surface area contributed by atoms with Crippen LogP contribution in [-0.4, -0.2) is 58.5 Å². The molecule has 0 aliphatic carbocycles. The first-order valence-electron chi connectivity index (χ1n) is 6.68. The Labute approximate surface area is 118 Å². The molecule has 0 atom stereocenters. The van der Waals surface area contributed by atoms with E-state index in [1.807, 2.05) is 18.2 Å². The van der Waals surface area contributed by atoms with E-state index in [0.717, 1.165) is 15.7 Å². The van der Waals surface area contributed by atoms with Gasteiger partial charge in [-0.25, -0.2) is 0 Å². The van der Waals surface area contributed by atoms with Gasteiger partial charge in [-0.3, -0.25) is 0 Å². The average Bonchev–Trinajstić information content (AvgIpc) is 2.37. The first-order chi connectivity index (χ1) is 9.22. The van der Waals surface area contributed by atoms with E-state index in [1.165, 1.54) is 33.7 Å². The second kappa shape index (κ2) is 4.51. The Morgan fingerprint density at radius 1 is 0.947 bits per heavy atom. The van der Waals surface area contributed by atoms with Crippen molar-refractivity contribution >= 4 is 5.71 Å². The van der Waals surface area contributed by atoms with Crippen LogP contribution >= 0.6 is 0 Å². The zero-order chi connectivity index (χ0) is 12.9. The molecule has 4 saturated heterocycles. The molecular weight excluding hydrogens is 351 g/mol. The molecule has 4 fully saturated rings. The van der Waals surface area contributed by atoms with Crippen molar-refractivity contribution in [1.29, 1.82) is 5.41 Å². The van der Waals surface area contributed by atoms with Crippen molar-refractivity contribution < 1.29 is 18.4 Å². The van der Waals surface area contributed by atoms with Crippen molar-refractivity contribution in [2.24, 2.45) is 0 Å². The Hall–Kier alpha value is -0.500. The third-order valence-electron chi connectivity index (χ3n) is 4.01. The molecule has 0 saturated carbocycles. The minimum atomic E-state index is -1.82. The van der Waals surface area contributed by atoms with E-state index >= 15 is 0 Å². The van der Waals surface area contributed by atoms with Crippen molar-refractivity contribution in [1.82, 2.24) is 14.7 Å². The number of nitrogens with one attached hydrogen (secondary N) is 1. The molecule has 4 nitrogen and oxygen atoms in total. The van der Waals surface area contributed by atoms with Crippen LogP contribution in [0.2, 0.25) is 0 Å². The normalized spacial score (nSPS) is 42.8. The number of nitrogens with zero attached hydrogens (tertiary/aromatic N) is 3. The summed E-state index contributed by atoms with van der Waals surface area (Å²) >= 11 is -1.82. The fourth-order valence-corrected chi connectivity index (χ4v) is 14.4. The molecule has 4 aliphatic rings. The molecule has 19 heavy (non-hydrogen) atoms. The van der Waals surface area contributed by atoms with E-state index in [2.05, 4.69) is 26.8 Å². The van der Waals surface area contributed by atoms with Crippen LogP contribution in [0.25, 0.3) is 0 Å². The second-order valence-electron chi connectivity index (χ2n) is 5.91. The van der Waals surface area contributed by atoms with E-state index in [9.17, 15) is 0 Å². The number of alkyl halides is 4. The van der Waals surface area contributed by atoms with Crippen molar-refractivity contribution in [3.63, 3.8) is 0 Å². The zero-order valence-corrected chi connectivity index (χ0v) is 13.2. The van der Waals surface area contributed by atoms with Gasteiger partial charge in [-0.2, -0.15) is 0 Å². The van der Waals surface area contributed by atoms with Crippen molar-refractivity contribution in [2.75, 3.05) is 38.1 Å². The van der Waals surface area contributed by atoms with Gasteiger partial charge in [0.1, 0.15) is 0 Å². The molecule has 4 heterocycles. The molecule has 0 aromatic heterocycles. The van der Waals surface area contributed by atoms with Crippen molar-refractivity contribution in [3.8, 4) is 0 Å². The predicted molar refractivity (Wildman–Crippen MR) is 72.9 cm³/mol. The van der Waals surface area contributed by atoms with Crippen molar-refractivity contribution in [2.45, 2.75) is 0 Å². The van der Waals surface area contributed by atoms with Gasteiger partial charge >= 0.3 is 118 Å². The molecule has 104 valence electrons. The molecule has 4 bridgehead atoms. The van der Waals surface area contributed by atoms with Gasteiger partial charge in [0.2, 0.25) is 0 Å². The SMILES string of the molecule is N=C(C[I-]12CN3CN(CN(C3)C1)C2)c1ccccc1. The van der Waals surface area contributed by atoms with Crippen LogP contribution in [0, 0.1) is 5.41 Å². The van der Waals surface area contributed by atoms with Crippen LogP contribution < -0.4 is 18.4 Å². The number of halogens is 1. The molecule has 0 amide bonds. The molecule has 0 unspecified atom stereocenters. The fraction of sp³-hybridized carbons (Fsp3) is 0.500. The van der Waals surface area contributed by atoms with E-state index in [1.54, 1.807) is 0 Å². The maximum absolute atomic E-state index is 8.45. The van der Waals surface area contributed by atoms with Crippen molar-refractivity contribution in [3.05, 3.63) is 35.9 Å². The van der Waals surface area contributed by atoms with E-state index in [4.69, 9.17) is 5.41 Å². The minimum absolute atomic E-state index is 0.877. The Kier molecular flexibility index (Phi) is 2.91. The van der Waals surface area contributed by atoms with Gasteiger partial charge in [-0.1, -0.05) is 0 Å². The Morgan fingerprint density at radius 3 is 2.00 bits per heavy atom. The van der Waals surface area contributed by atoms with Crippen LogP contribution in [0.5, 0.6) is 0 Å². The van der Waals surface area contributed by atoms with Gasteiger partial charge in [-0.15, -0.1) is 0 Å². The Balaban J connectivity index is 1.55. The summed E-state index contributed by atoms with van der Waals surface area (Å²) in [5.41, 5.74) is 2.00. The van der Waals surface area contributed by atoms with E-state index in [-0.39, 0.29) is 0 Å². The Morgan fingerprint density at radius 2 is 1.47 bits per heavy atom. The molecule has 0 spiro atoms.